The third kappa shape index (κ3) is 8.90. The van der Waals surface area contributed by atoms with Gasteiger partial charge in [-0.3, -0.25) is 9.59 Å². The van der Waals surface area contributed by atoms with E-state index in [1.165, 1.54) is 13.3 Å². The molecule has 8 nitrogen and oxygen atoms in total. The number of halogens is 1. The summed E-state index contributed by atoms with van der Waals surface area (Å²) in [6, 6.07) is 18.2. The van der Waals surface area contributed by atoms with Crippen molar-refractivity contribution in [2.45, 2.75) is 32.8 Å². The summed E-state index contributed by atoms with van der Waals surface area (Å²) < 4.78 is 17.2. The lowest BCUT2D eigenvalue weighted by molar-refractivity contribution is -0.124. The van der Waals surface area contributed by atoms with Crippen molar-refractivity contribution in [3.8, 4) is 17.2 Å². The highest BCUT2D eigenvalue weighted by molar-refractivity contribution is 6.31. The van der Waals surface area contributed by atoms with Crippen molar-refractivity contribution in [2.24, 2.45) is 5.10 Å². The number of nitrogens with zero attached hydrogens (tertiary/aromatic N) is 1. The summed E-state index contributed by atoms with van der Waals surface area (Å²) in [7, 11) is 1.52. The minimum atomic E-state index is -0.391. The summed E-state index contributed by atoms with van der Waals surface area (Å²) in [4.78, 5) is 24.5. The van der Waals surface area contributed by atoms with Crippen LogP contribution in [0, 0.1) is 0 Å². The molecule has 3 aromatic rings. The monoisotopic (exact) mass is 549 g/mol. The molecule has 2 N–H and O–H groups in total. The Morgan fingerprint density at radius 3 is 2.46 bits per heavy atom. The molecule has 0 spiro atoms. The normalized spacial score (nSPS) is 10.6. The molecule has 3 aromatic carbocycles. The van der Waals surface area contributed by atoms with Gasteiger partial charge in [0.2, 0.25) is 11.8 Å². The number of para-hydroxylation sites is 2. The second-order valence-corrected chi connectivity index (χ2v) is 8.76. The largest absolute Gasteiger partial charge is 0.495 e. The van der Waals surface area contributed by atoms with E-state index in [4.69, 9.17) is 25.8 Å². The molecular formula is C30H32ClN3O5. The summed E-state index contributed by atoms with van der Waals surface area (Å²) in [6.07, 6.45) is 3.78. The zero-order chi connectivity index (χ0) is 28.0. The molecule has 204 valence electrons. The second kappa shape index (κ2) is 15.2. The van der Waals surface area contributed by atoms with Crippen LogP contribution in [0.5, 0.6) is 17.2 Å². The zero-order valence-electron chi connectivity index (χ0n) is 22.0. The van der Waals surface area contributed by atoms with E-state index in [0.717, 1.165) is 11.1 Å². The van der Waals surface area contributed by atoms with Crippen LogP contribution in [0.1, 0.15) is 36.5 Å². The lowest BCUT2D eigenvalue weighted by atomic mass is 10.1. The number of hydrazone groups is 1. The molecule has 0 aromatic heterocycles. The number of ether oxygens (including phenoxy) is 3. The molecule has 39 heavy (non-hydrogen) atoms. The Labute approximate surface area is 233 Å². The van der Waals surface area contributed by atoms with E-state index < -0.39 is 5.91 Å². The molecule has 2 amide bonds. The zero-order valence-corrected chi connectivity index (χ0v) is 22.8. The van der Waals surface area contributed by atoms with Gasteiger partial charge < -0.3 is 19.5 Å². The number of methoxy groups -OCH3 is 1. The maximum absolute atomic E-state index is 12.3. The predicted molar refractivity (Wildman–Crippen MR) is 154 cm³/mol. The van der Waals surface area contributed by atoms with Crippen LogP contribution in [0.4, 0.5) is 5.69 Å². The summed E-state index contributed by atoms with van der Waals surface area (Å²) in [5.41, 5.74) is 5.42. The fourth-order valence-corrected chi connectivity index (χ4v) is 3.87. The highest BCUT2D eigenvalue weighted by Crippen LogP contribution is 2.34. The highest BCUT2D eigenvalue weighted by atomic mass is 35.5. The maximum atomic E-state index is 12.3. The summed E-state index contributed by atoms with van der Waals surface area (Å²) >= 11 is 6.28. The van der Waals surface area contributed by atoms with Crippen LogP contribution >= 0.6 is 11.6 Å². The Kier molecular flexibility index (Phi) is 11.4. The summed E-state index contributed by atoms with van der Waals surface area (Å²) in [6.45, 7) is 6.44. The average molecular weight is 550 g/mol. The number of nitrogens with one attached hydrogen (secondary N) is 2. The Bertz CT molecular complexity index is 1330. The van der Waals surface area contributed by atoms with Gasteiger partial charge in [0.05, 0.1) is 25.6 Å². The average Bonchev–Trinajstić information content (AvgIpc) is 2.93. The fourth-order valence-electron chi connectivity index (χ4n) is 3.68. The quantitative estimate of drug-likeness (QED) is 0.148. The Morgan fingerprint density at radius 1 is 0.974 bits per heavy atom. The van der Waals surface area contributed by atoms with Gasteiger partial charge in [-0.1, -0.05) is 48.0 Å². The predicted octanol–water partition coefficient (Wildman–Crippen LogP) is 5.92. The molecule has 0 aliphatic carbocycles. The van der Waals surface area contributed by atoms with Crippen molar-refractivity contribution >= 4 is 35.3 Å². The fraction of sp³-hybridized carbons (Fsp3) is 0.233. The van der Waals surface area contributed by atoms with E-state index in [0.29, 0.717) is 46.5 Å². The van der Waals surface area contributed by atoms with E-state index in [-0.39, 0.29) is 25.4 Å². The van der Waals surface area contributed by atoms with E-state index in [2.05, 4.69) is 22.4 Å². The first-order chi connectivity index (χ1) is 18.9. The van der Waals surface area contributed by atoms with Crippen LogP contribution in [0.15, 0.2) is 78.4 Å². The van der Waals surface area contributed by atoms with Crippen LogP contribution < -0.4 is 25.0 Å². The molecule has 0 bridgehead atoms. The first kappa shape index (κ1) is 29.3. The van der Waals surface area contributed by atoms with Crippen molar-refractivity contribution in [2.75, 3.05) is 19.0 Å². The molecular weight excluding hydrogens is 518 g/mol. The van der Waals surface area contributed by atoms with Gasteiger partial charge in [0, 0.05) is 29.0 Å². The molecule has 0 unspecified atom stereocenters. The number of hydrogen-bond donors (Lipinski definition) is 2. The minimum absolute atomic E-state index is 0.00512. The van der Waals surface area contributed by atoms with E-state index in [9.17, 15) is 9.59 Å². The lowest BCUT2D eigenvalue weighted by Crippen LogP contribution is -2.20. The van der Waals surface area contributed by atoms with Crippen molar-refractivity contribution in [3.63, 3.8) is 0 Å². The summed E-state index contributed by atoms with van der Waals surface area (Å²) in [5, 5.41) is 7.42. The van der Waals surface area contributed by atoms with Gasteiger partial charge in [-0.15, -0.1) is 6.58 Å². The topological polar surface area (TPSA) is 98.3 Å². The van der Waals surface area contributed by atoms with Gasteiger partial charge >= 0.3 is 0 Å². The highest BCUT2D eigenvalue weighted by Gasteiger charge is 2.14. The number of rotatable bonds is 14. The maximum Gasteiger partial charge on any atom is 0.240 e. The van der Waals surface area contributed by atoms with Crippen LogP contribution in [-0.2, 0) is 22.6 Å². The van der Waals surface area contributed by atoms with Gasteiger partial charge in [-0.2, -0.15) is 5.10 Å². The van der Waals surface area contributed by atoms with E-state index in [1.54, 1.807) is 36.4 Å². The van der Waals surface area contributed by atoms with Crippen LogP contribution in [0.3, 0.4) is 0 Å². The van der Waals surface area contributed by atoms with Gasteiger partial charge in [-0.05, 0) is 49.2 Å². The van der Waals surface area contributed by atoms with Crippen LogP contribution in [0.25, 0.3) is 0 Å². The smallest absolute Gasteiger partial charge is 0.240 e. The first-order valence-corrected chi connectivity index (χ1v) is 12.8. The van der Waals surface area contributed by atoms with E-state index >= 15 is 0 Å². The number of anilines is 1. The number of carbonyl (C=O) groups is 2. The molecule has 0 atom stereocenters. The lowest BCUT2D eigenvalue weighted by Gasteiger charge is -2.17. The van der Waals surface area contributed by atoms with E-state index in [1.807, 2.05) is 37.3 Å². The molecule has 3 rings (SSSR count). The number of hydrogen-bond acceptors (Lipinski definition) is 6. The van der Waals surface area contributed by atoms with Gasteiger partial charge in [0.25, 0.3) is 0 Å². The Balaban J connectivity index is 1.63. The molecule has 0 radical (unpaired) electrons. The molecule has 0 heterocycles. The first-order valence-electron chi connectivity index (χ1n) is 12.5. The standard InChI is InChI=1S/C30H32ClN3O5/c1-4-10-22-17-21(18-27(38-5-2)30(22)39-20-23-11-6-7-12-24(23)31)19-32-34-29(36)16-15-28(35)33-25-13-8-9-14-26(25)37-3/h4,6-9,11-14,17-19H,1,5,10,15-16,20H2,2-3H3,(H,33,35)(H,34,36). The number of allylic oxidation sites excluding steroid dienone is 1. The van der Waals surface area contributed by atoms with Crippen molar-refractivity contribution < 1.29 is 23.8 Å². The van der Waals surface area contributed by atoms with Gasteiger partial charge in [0.1, 0.15) is 12.4 Å². The Morgan fingerprint density at radius 2 is 1.72 bits per heavy atom. The van der Waals surface area contributed by atoms with Crippen molar-refractivity contribution in [1.82, 2.24) is 5.43 Å². The van der Waals surface area contributed by atoms with Crippen molar-refractivity contribution in [1.29, 1.82) is 0 Å². The third-order valence-electron chi connectivity index (χ3n) is 5.51. The SMILES string of the molecule is C=CCc1cc(C=NNC(=O)CCC(=O)Nc2ccccc2OC)cc(OCC)c1OCc1ccccc1Cl. The molecule has 0 saturated heterocycles. The summed E-state index contributed by atoms with van der Waals surface area (Å²) in [5.74, 6) is 0.991. The number of benzene rings is 3. The molecule has 0 fully saturated rings. The molecule has 0 saturated carbocycles. The molecule has 0 aliphatic rings. The second-order valence-electron chi connectivity index (χ2n) is 8.35. The minimum Gasteiger partial charge on any atom is -0.495 e. The van der Waals surface area contributed by atoms with Gasteiger partial charge in [-0.25, -0.2) is 5.43 Å². The van der Waals surface area contributed by atoms with Crippen LogP contribution in [0.2, 0.25) is 5.02 Å². The molecule has 0 aliphatic heterocycles. The number of carbonyl (C=O) groups excluding carboxylic acids is 2. The van der Waals surface area contributed by atoms with Crippen molar-refractivity contribution in [3.05, 3.63) is 95.0 Å². The third-order valence-corrected chi connectivity index (χ3v) is 5.88. The Hall–Kier alpha value is -4.30. The molecule has 9 heteroatoms. The van der Waals surface area contributed by atoms with Gasteiger partial charge in [0.15, 0.2) is 11.5 Å². The van der Waals surface area contributed by atoms with Crippen LogP contribution in [-0.4, -0.2) is 31.7 Å². The number of amides is 2.